The summed E-state index contributed by atoms with van der Waals surface area (Å²) in [5, 5.41) is 23.8. The molecule has 0 amide bonds. The van der Waals surface area contributed by atoms with Crippen molar-refractivity contribution in [3.8, 4) is 0 Å². The minimum absolute atomic E-state index is 0.109. The highest BCUT2D eigenvalue weighted by molar-refractivity contribution is 5.34. The van der Waals surface area contributed by atoms with Crippen LogP contribution in [0.4, 0.5) is 5.69 Å². The van der Waals surface area contributed by atoms with Crippen LogP contribution in [-0.2, 0) is 6.54 Å². The molecule has 1 aromatic rings. The third-order valence-corrected chi connectivity index (χ3v) is 3.42. The molecule has 2 atom stereocenters. The van der Waals surface area contributed by atoms with Crippen molar-refractivity contribution >= 4 is 5.69 Å². The highest BCUT2D eigenvalue weighted by atomic mass is 16.6. The Bertz CT molecular complexity index is 422. The summed E-state index contributed by atoms with van der Waals surface area (Å²) in [6.07, 6.45) is 3.72. The van der Waals surface area contributed by atoms with Crippen LogP contribution in [-0.4, -0.2) is 22.2 Å². The summed E-state index contributed by atoms with van der Waals surface area (Å²) in [5.41, 5.74) is 0.987. The lowest BCUT2D eigenvalue weighted by molar-refractivity contribution is -0.384. The zero-order chi connectivity index (χ0) is 13.0. The number of hydrogen-bond acceptors (Lipinski definition) is 4. The van der Waals surface area contributed by atoms with Crippen molar-refractivity contribution in [1.29, 1.82) is 0 Å². The van der Waals surface area contributed by atoms with Gasteiger partial charge in [0.15, 0.2) is 0 Å². The molecule has 1 aromatic carbocycles. The van der Waals surface area contributed by atoms with Gasteiger partial charge in [-0.05, 0) is 18.4 Å². The molecule has 0 saturated heterocycles. The molecule has 1 fully saturated rings. The fourth-order valence-electron chi connectivity index (χ4n) is 2.38. The van der Waals surface area contributed by atoms with Crippen molar-refractivity contribution in [3.63, 3.8) is 0 Å². The highest BCUT2D eigenvalue weighted by Gasteiger charge is 2.22. The Morgan fingerprint density at radius 1 is 1.39 bits per heavy atom. The normalized spacial score (nSPS) is 23.8. The number of aliphatic hydroxyl groups excluding tert-OH is 1. The first-order valence-corrected chi connectivity index (χ1v) is 6.31. The molecule has 0 spiro atoms. The van der Waals surface area contributed by atoms with Gasteiger partial charge in [-0.25, -0.2) is 0 Å². The fraction of sp³-hybridized carbons (Fsp3) is 0.538. The smallest absolute Gasteiger partial charge is 0.269 e. The van der Waals surface area contributed by atoms with Gasteiger partial charge in [0, 0.05) is 24.7 Å². The van der Waals surface area contributed by atoms with E-state index in [9.17, 15) is 15.2 Å². The largest absolute Gasteiger partial charge is 0.392 e. The zero-order valence-corrected chi connectivity index (χ0v) is 10.2. The SMILES string of the molecule is O=[N+]([O-])c1cccc(CNC2CCCCC2O)c1. The number of benzene rings is 1. The second-order valence-electron chi connectivity index (χ2n) is 4.77. The van der Waals surface area contributed by atoms with E-state index >= 15 is 0 Å². The molecule has 0 heterocycles. The second-order valence-corrected chi connectivity index (χ2v) is 4.77. The quantitative estimate of drug-likeness (QED) is 0.633. The van der Waals surface area contributed by atoms with Crippen molar-refractivity contribution in [1.82, 2.24) is 5.32 Å². The third kappa shape index (κ3) is 3.27. The molecule has 1 aliphatic carbocycles. The van der Waals surface area contributed by atoms with E-state index in [-0.39, 0.29) is 22.8 Å². The van der Waals surface area contributed by atoms with Crippen LogP contribution in [0.3, 0.4) is 0 Å². The van der Waals surface area contributed by atoms with Crippen molar-refractivity contribution in [2.75, 3.05) is 0 Å². The van der Waals surface area contributed by atoms with Crippen LogP contribution in [0.2, 0.25) is 0 Å². The summed E-state index contributed by atoms with van der Waals surface area (Å²) in [4.78, 5) is 10.3. The zero-order valence-electron chi connectivity index (χ0n) is 10.2. The summed E-state index contributed by atoms with van der Waals surface area (Å²) in [5.74, 6) is 0. The Morgan fingerprint density at radius 3 is 2.89 bits per heavy atom. The van der Waals surface area contributed by atoms with Crippen LogP contribution in [0.5, 0.6) is 0 Å². The van der Waals surface area contributed by atoms with Gasteiger partial charge in [0.1, 0.15) is 0 Å². The van der Waals surface area contributed by atoms with Crippen LogP contribution in [0, 0.1) is 10.1 Å². The monoisotopic (exact) mass is 250 g/mol. The molecule has 0 aliphatic heterocycles. The number of nitro groups is 1. The Hall–Kier alpha value is -1.46. The minimum Gasteiger partial charge on any atom is -0.392 e. The maximum Gasteiger partial charge on any atom is 0.269 e. The standard InChI is InChI=1S/C13H18N2O3/c16-13-7-2-1-6-12(13)14-9-10-4-3-5-11(8-10)15(17)18/h3-5,8,12-14,16H,1-2,6-7,9H2. The number of nitrogens with zero attached hydrogens (tertiary/aromatic N) is 1. The lowest BCUT2D eigenvalue weighted by Gasteiger charge is -2.28. The molecule has 1 aliphatic rings. The average Bonchev–Trinajstić information content (AvgIpc) is 2.38. The first kappa shape index (κ1) is 13.0. The number of aliphatic hydroxyl groups is 1. The average molecular weight is 250 g/mol. The molecule has 0 radical (unpaired) electrons. The predicted molar refractivity (Wildman–Crippen MR) is 68.2 cm³/mol. The van der Waals surface area contributed by atoms with Crippen molar-refractivity contribution in [2.45, 2.75) is 44.4 Å². The molecule has 2 unspecified atom stereocenters. The van der Waals surface area contributed by atoms with Gasteiger partial charge in [0.05, 0.1) is 11.0 Å². The van der Waals surface area contributed by atoms with Crippen LogP contribution in [0.1, 0.15) is 31.2 Å². The van der Waals surface area contributed by atoms with Crippen LogP contribution >= 0.6 is 0 Å². The van der Waals surface area contributed by atoms with Gasteiger partial charge in [-0.3, -0.25) is 10.1 Å². The number of hydrogen-bond donors (Lipinski definition) is 2. The van der Waals surface area contributed by atoms with Crippen molar-refractivity contribution in [2.24, 2.45) is 0 Å². The Balaban J connectivity index is 1.93. The van der Waals surface area contributed by atoms with Gasteiger partial charge in [-0.2, -0.15) is 0 Å². The molecule has 0 bridgehead atoms. The van der Waals surface area contributed by atoms with Crippen molar-refractivity contribution in [3.05, 3.63) is 39.9 Å². The third-order valence-electron chi connectivity index (χ3n) is 3.42. The van der Waals surface area contributed by atoms with Gasteiger partial charge < -0.3 is 10.4 Å². The van der Waals surface area contributed by atoms with E-state index in [0.29, 0.717) is 6.54 Å². The van der Waals surface area contributed by atoms with E-state index in [1.165, 1.54) is 6.07 Å². The van der Waals surface area contributed by atoms with E-state index in [1.807, 2.05) is 6.07 Å². The van der Waals surface area contributed by atoms with Gasteiger partial charge in [-0.15, -0.1) is 0 Å². The van der Waals surface area contributed by atoms with Gasteiger partial charge in [0.25, 0.3) is 5.69 Å². The fourth-order valence-corrected chi connectivity index (χ4v) is 2.38. The molecule has 0 aromatic heterocycles. The molecule has 5 heteroatoms. The van der Waals surface area contributed by atoms with Gasteiger partial charge >= 0.3 is 0 Å². The van der Waals surface area contributed by atoms with E-state index in [2.05, 4.69) is 5.32 Å². The molecule has 18 heavy (non-hydrogen) atoms. The minimum atomic E-state index is -0.390. The maximum atomic E-state index is 10.7. The first-order valence-electron chi connectivity index (χ1n) is 6.31. The molecule has 5 nitrogen and oxygen atoms in total. The Labute approximate surface area is 106 Å². The topological polar surface area (TPSA) is 75.4 Å². The lowest BCUT2D eigenvalue weighted by atomic mass is 9.92. The van der Waals surface area contributed by atoms with Gasteiger partial charge in [-0.1, -0.05) is 25.0 Å². The number of rotatable bonds is 4. The number of nitrogens with one attached hydrogen (secondary N) is 1. The predicted octanol–water partition coefficient (Wildman–Crippen LogP) is 1.99. The summed E-state index contributed by atoms with van der Waals surface area (Å²) in [6, 6.07) is 6.71. The molecule has 2 N–H and O–H groups in total. The Kier molecular flexibility index (Phi) is 4.28. The number of non-ortho nitro benzene ring substituents is 1. The first-order chi connectivity index (χ1) is 8.66. The summed E-state index contributed by atoms with van der Waals surface area (Å²) < 4.78 is 0. The van der Waals surface area contributed by atoms with E-state index in [0.717, 1.165) is 31.2 Å². The maximum absolute atomic E-state index is 10.7. The summed E-state index contributed by atoms with van der Waals surface area (Å²) in [6.45, 7) is 0.559. The van der Waals surface area contributed by atoms with Crippen LogP contribution in [0.15, 0.2) is 24.3 Å². The molecule has 1 saturated carbocycles. The highest BCUT2D eigenvalue weighted by Crippen LogP contribution is 2.19. The van der Waals surface area contributed by atoms with Crippen molar-refractivity contribution < 1.29 is 10.0 Å². The molecular weight excluding hydrogens is 232 g/mol. The molecule has 98 valence electrons. The second kappa shape index (κ2) is 5.93. The Morgan fingerprint density at radius 2 is 2.17 bits per heavy atom. The van der Waals surface area contributed by atoms with E-state index < -0.39 is 0 Å². The van der Waals surface area contributed by atoms with Crippen LogP contribution in [0.25, 0.3) is 0 Å². The van der Waals surface area contributed by atoms with Crippen LogP contribution < -0.4 is 5.32 Å². The summed E-state index contributed by atoms with van der Waals surface area (Å²) in [7, 11) is 0. The van der Waals surface area contributed by atoms with Gasteiger partial charge in [0.2, 0.25) is 0 Å². The molecule has 2 rings (SSSR count). The summed E-state index contributed by atoms with van der Waals surface area (Å²) >= 11 is 0. The molecular formula is C13H18N2O3. The lowest BCUT2D eigenvalue weighted by Crippen LogP contribution is -2.41. The van der Waals surface area contributed by atoms with E-state index in [1.54, 1.807) is 12.1 Å². The van der Waals surface area contributed by atoms with E-state index in [4.69, 9.17) is 0 Å². The number of nitro benzene ring substituents is 1.